The van der Waals surface area contributed by atoms with Crippen molar-refractivity contribution < 1.29 is 9.53 Å². The van der Waals surface area contributed by atoms with Gasteiger partial charge in [0.25, 0.3) is 0 Å². The van der Waals surface area contributed by atoms with Crippen molar-refractivity contribution in [3.8, 4) is 0 Å². The molecular weight excluding hydrogens is 440 g/mol. The van der Waals surface area contributed by atoms with Crippen LogP contribution < -0.4 is 0 Å². The number of aromatic nitrogens is 4. The van der Waals surface area contributed by atoms with Crippen LogP contribution in [0.1, 0.15) is 36.2 Å². The Labute approximate surface area is 199 Å². The summed E-state index contributed by atoms with van der Waals surface area (Å²) < 4.78 is 5.43. The van der Waals surface area contributed by atoms with Crippen LogP contribution in [0, 0.1) is 12.8 Å². The van der Waals surface area contributed by atoms with Gasteiger partial charge in [0.1, 0.15) is 0 Å². The predicted octanol–water partition coefficient (Wildman–Crippen LogP) is 3.17. The molecule has 0 spiro atoms. The van der Waals surface area contributed by atoms with Crippen LogP contribution in [0.5, 0.6) is 0 Å². The molecule has 0 aliphatic carbocycles. The number of allylic oxidation sites excluding steroid dienone is 1. The van der Waals surface area contributed by atoms with E-state index in [1.807, 2.05) is 29.2 Å². The fourth-order valence-corrected chi connectivity index (χ4v) is 4.58. The number of rotatable bonds is 7. The standard InChI is InChI=1S/C24H31ClN6O2/c1-18(29-11-13-33-14-12-29)15-20-7-9-30(10-8-20)24(32)6-4-21-3-5-23(25)16-22(21)17-31-27-19(2)26-28-31/h3-6,16,20H,1,7-15,17H2,2H3/b6-4+. The lowest BCUT2D eigenvalue weighted by molar-refractivity contribution is -0.127. The Hall–Kier alpha value is -2.71. The Morgan fingerprint density at radius 3 is 2.67 bits per heavy atom. The van der Waals surface area contributed by atoms with Gasteiger partial charge in [-0.1, -0.05) is 24.2 Å². The van der Waals surface area contributed by atoms with Crippen LogP contribution in [-0.2, 0) is 16.1 Å². The molecule has 0 saturated carbocycles. The van der Waals surface area contributed by atoms with Gasteiger partial charge in [-0.3, -0.25) is 4.79 Å². The quantitative estimate of drug-likeness (QED) is 0.578. The minimum Gasteiger partial charge on any atom is -0.378 e. The first-order chi connectivity index (χ1) is 16.0. The third-order valence-electron chi connectivity index (χ3n) is 6.28. The van der Waals surface area contributed by atoms with Crippen LogP contribution in [0.2, 0.25) is 5.02 Å². The summed E-state index contributed by atoms with van der Waals surface area (Å²) in [4.78, 5) is 18.6. The van der Waals surface area contributed by atoms with Gasteiger partial charge in [0.05, 0.1) is 19.8 Å². The van der Waals surface area contributed by atoms with Crippen molar-refractivity contribution in [1.82, 2.24) is 30.0 Å². The van der Waals surface area contributed by atoms with Gasteiger partial charge >= 0.3 is 0 Å². The molecule has 3 heterocycles. The highest BCUT2D eigenvalue weighted by atomic mass is 35.5. The van der Waals surface area contributed by atoms with Crippen molar-refractivity contribution in [1.29, 1.82) is 0 Å². The molecule has 1 aromatic heterocycles. The van der Waals surface area contributed by atoms with Crippen molar-refractivity contribution in [3.05, 3.63) is 58.5 Å². The summed E-state index contributed by atoms with van der Waals surface area (Å²) in [7, 11) is 0. The fraction of sp³-hybridized carbons (Fsp3) is 0.500. The van der Waals surface area contributed by atoms with E-state index in [-0.39, 0.29) is 5.91 Å². The van der Waals surface area contributed by atoms with Gasteiger partial charge in [-0.15, -0.1) is 10.2 Å². The topological polar surface area (TPSA) is 76.4 Å². The summed E-state index contributed by atoms with van der Waals surface area (Å²) in [6.07, 6.45) is 6.52. The summed E-state index contributed by atoms with van der Waals surface area (Å²) in [5, 5.41) is 12.8. The molecule has 1 amide bonds. The number of tetrazole rings is 1. The second kappa shape index (κ2) is 10.9. The molecule has 0 atom stereocenters. The molecule has 2 saturated heterocycles. The minimum atomic E-state index is 0.0380. The van der Waals surface area contributed by atoms with Crippen LogP contribution in [0.25, 0.3) is 6.08 Å². The van der Waals surface area contributed by atoms with Gasteiger partial charge in [0.2, 0.25) is 5.91 Å². The van der Waals surface area contributed by atoms with Crippen molar-refractivity contribution in [3.63, 3.8) is 0 Å². The molecule has 4 rings (SSSR count). The molecule has 33 heavy (non-hydrogen) atoms. The van der Waals surface area contributed by atoms with E-state index in [0.29, 0.717) is 23.3 Å². The van der Waals surface area contributed by atoms with Crippen LogP contribution in [-0.4, -0.2) is 75.3 Å². The number of likely N-dealkylation sites (tertiary alicyclic amines) is 1. The second-order valence-corrected chi connectivity index (χ2v) is 9.12. The molecule has 2 aliphatic heterocycles. The maximum atomic E-state index is 12.8. The first-order valence-electron chi connectivity index (χ1n) is 11.5. The summed E-state index contributed by atoms with van der Waals surface area (Å²) in [6.45, 7) is 11.5. The van der Waals surface area contributed by atoms with Crippen LogP contribution in [0.4, 0.5) is 0 Å². The molecule has 2 aromatic rings. The molecule has 9 heteroatoms. The van der Waals surface area contributed by atoms with E-state index in [4.69, 9.17) is 16.3 Å². The molecule has 176 valence electrons. The van der Waals surface area contributed by atoms with E-state index >= 15 is 0 Å². The third kappa shape index (κ3) is 6.42. The van der Waals surface area contributed by atoms with Gasteiger partial charge in [0.15, 0.2) is 5.82 Å². The number of morpholine rings is 1. The average Bonchev–Trinajstić information content (AvgIpc) is 3.24. The summed E-state index contributed by atoms with van der Waals surface area (Å²) in [6, 6.07) is 5.61. The number of piperidine rings is 1. The number of aryl methyl sites for hydroxylation is 1. The predicted molar refractivity (Wildman–Crippen MR) is 128 cm³/mol. The highest BCUT2D eigenvalue weighted by molar-refractivity contribution is 6.30. The Bertz CT molecular complexity index is 1010. The Balaban J connectivity index is 1.31. The van der Waals surface area contributed by atoms with E-state index in [1.165, 1.54) is 10.5 Å². The summed E-state index contributed by atoms with van der Waals surface area (Å²) in [5.74, 6) is 1.23. The minimum absolute atomic E-state index is 0.0380. The molecule has 2 aliphatic rings. The average molecular weight is 471 g/mol. The lowest BCUT2D eigenvalue weighted by atomic mass is 9.92. The first kappa shape index (κ1) is 23.4. The van der Waals surface area contributed by atoms with Gasteiger partial charge in [0, 0.05) is 43.0 Å². The molecule has 8 nitrogen and oxygen atoms in total. The number of carbonyl (C=O) groups is 1. The maximum absolute atomic E-state index is 12.8. The van der Waals surface area contributed by atoms with Gasteiger partial charge in [-0.05, 0) is 66.7 Å². The van der Waals surface area contributed by atoms with Gasteiger partial charge in [-0.25, -0.2) is 0 Å². The van der Waals surface area contributed by atoms with Gasteiger partial charge < -0.3 is 14.5 Å². The van der Waals surface area contributed by atoms with Crippen molar-refractivity contribution in [2.24, 2.45) is 5.92 Å². The monoisotopic (exact) mass is 470 g/mol. The zero-order valence-electron chi connectivity index (χ0n) is 19.1. The van der Waals surface area contributed by atoms with Gasteiger partial charge in [-0.2, -0.15) is 4.80 Å². The highest BCUT2D eigenvalue weighted by Gasteiger charge is 2.23. The second-order valence-electron chi connectivity index (χ2n) is 8.68. The smallest absolute Gasteiger partial charge is 0.246 e. The molecule has 0 N–H and O–H groups in total. The van der Waals surface area contributed by atoms with Crippen molar-refractivity contribution in [2.75, 3.05) is 39.4 Å². The molecule has 0 radical (unpaired) electrons. The summed E-state index contributed by atoms with van der Waals surface area (Å²) >= 11 is 6.19. The SMILES string of the molecule is C=C(CC1CCN(C(=O)/C=C/c2ccc(Cl)cc2Cn2nnc(C)n2)CC1)N1CCOCC1. The Kier molecular flexibility index (Phi) is 7.77. The molecule has 0 unspecified atom stereocenters. The number of nitrogens with zero attached hydrogens (tertiary/aromatic N) is 6. The number of hydrogen-bond acceptors (Lipinski definition) is 6. The molecule has 0 bridgehead atoms. The highest BCUT2D eigenvalue weighted by Crippen LogP contribution is 2.26. The zero-order valence-corrected chi connectivity index (χ0v) is 19.9. The van der Waals surface area contributed by atoms with E-state index in [2.05, 4.69) is 26.9 Å². The molecule has 1 aromatic carbocycles. The van der Waals surface area contributed by atoms with Crippen LogP contribution in [0.3, 0.4) is 0 Å². The van der Waals surface area contributed by atoms with Crippen LogP contribution >= 0.6 is 11.6 Å². The normalized spacial score (nSPS) is 17.6. The number of benzene rings is 1. The number of hydrogen-bond donors (Lipinski definition) is 0. The van der Waals surface area contributed by atoms with Crippen molar-refractivity contribution >= 4 is 23.6 Å². The van der Waals surface area contributed by atoms with E-state index in [9.17, 15) is 4.79 Å². The number of amides is 1. The lowest BCUT2D eigenvalue weighted by Crippen LogP contribution is -2.39. The maximum Gasteiger partial charge on any atom is 0.246 e. The number of ether oxygens (including phenoxy) is 1. The third-order valence-corrected chi connectivity index (χ3v) is 6.52. The summed E-state index contributed by atoms with van der Waals surface area (Å²) in [5.41, 5.74) is 3.05. The lowest BCUT2D eigenvalue weighted by Gasteiger charge is -2.35. The van der Waals surface area contributed by atoms with E-state index in [1.54, 1.807) is 13.0 Å². The molecule has 2 fully saturated rings. The number of halogens is 1. The molecular formula is C24H31ClN6O2. The number of carbonyl (C=O) groups excluding carboxylic acids is 1. The largest absolute Gasteiger partial charge is 0.378 e. The fourth-order valence-electron chi connectivity index (χ4n) is 4.38. The Morgan fingerprint density at radius 2 is 1.97 bits per heavy atom. The van der Waals surface area contributed by atoms with E-state index < -0.39 is 0 Å². The Morgan fingerprint density at radius 1 is 1.21 bits per heavy atom. The van der Waals surface area contributed by atoms with Crippen molar-refractivity contribution in [2.45, 2.75) is 32.7 Å². The first-order valence-corrected chi connectivity index (χ1v) is 11.9. The van der Waals surface area contributed by atoms with Crippen LogP contribution in [0.15, 0.2) is 36.6 Å². The zero-order chi connectivity index (χ0) is 23.2. The van der Waals surface area contributed by atoms with E-state index in [0.717, 1.165) is 69.8 Å².